The first-order valence-corrected chi connectivity index (χ1v) is 9.38. The average molecular weight is 401 g/mol. The number of hydrogen-bond acceptors (Lipinski definition) is 5. The van der Waals surface area contributed by atoms with Crippen molar-refractivity contribution in [3.8, 4) is 0 Å². The van der Waals surface area contributed by atoms with E-state index in [9.17, 15) is 24.0 Å². The zero-order valence-electron chi connectivity index (χ0n) is 16.4. The Morgan fingerprint density at radius 3 is 2.38 bits per heavy atom. The second-order valence-corrected chi connectivity index (χ2v) is 7.24. The summed E-state index contributed by atoms with van der Waals surface area (Å²) < 4.78 is 13.3. The number of nitrogens with zero attached hydrogens (tertiary/aromatic N) is 1. The molecule has 0 spiro atoms. The predicted molar refractivity (Wildman–Crippen MR) is 107 cm³/mol. The van der Waals surface area contributed by atoms with Crippen LogP contribution in [0, 0.1) is 11.7 Å². The summed E-state index contributed by atoms with van der Waals surface area (Å²) in [7, 11) is -1.70. The van der Waals surface area contributed by atoms with Crippen molar-refractivity contribution >= 4 is 18.9 Å². The summed E-state index contributed by atoms with van der Waals surface area (Å²) in [6.07, 6.45) is 3.17. The molecule has 0 bridgehead atoms. The van der Waals surface area contributed by atoms with Gasteiger partial charge in [0.2, 0.25) is 5.91 Å². The lowest BCUT2D eigenvalue weighted by atomic mass is 9.75. The standard InChI is InChI=1S/C20H25BFN3O4/c1-13(2)10-18(21(28)29)25-19(26)11-17(14-5-7-16(22)8-6-14)24-20(27)15-4-3-9-23-12-15/h3-9,12-13,17-18,28-29H,10-11H2,1-2H3,(H,24,27)(H,25,26)/t17?,18-/m0/s1. The quantitative estimate of drug-likeness (QED) is 0.478. The van der Waals surface area contributed by atoms with Gasteiger partial charge < -0.3 is 20.7 Å². The molecule has 0 aliphatic rings. The molecule has 9 heteroatoms. The SMILES string of the molecule is CC(C)C[C@H](NC(=O)CC(NC(=O)c1cccnc1)c1ccc(F)cc1)B(O)O. The van der Waals surface area contributed by atoms with Crippen LogP contribution < -0.4 is 10.6 Å². The average Bonchev–Trinajstić information content (AvgIpc) is 2.67. The highest BCUT2D eigenvalue weighted by Crippen LogP contribution is 2.19. The van der Waals surface area contributed by atoms with Crippen molar-refractivity contribution in [2.75, 3.05) is 0 Å². The molecule has 0 saturated carbocycles. The van der Waals surface area contributed by atoms with Gasteiger partial charge in [0.05, 0.1) is 24.0 Å². The van der Waals surface area contributed by atoms with E-state index in [1.54, 1.807) is 12.1 Å². The van der Waals surface area contributed by atoms with Crippen molar-refractivity contribution < 1.29 is 24.0 Å². The molecule has 0 aliphatic carbocycles. The van der Waals surface area contributed by atoms with Crippen molar-refractivity contribution in [1.82, 2.24) is 15.6 Å². The molecule has 1 heterocycles. The summed E-state index contributed by atoms with van der Waals surface area (Å²) in [6, 6.07) is 7.94. The highest BCUT2D eigenvalue weighted by molar-refractivity contribution is 6.43. The molecule has 0 radical (unpaired) electrons. The van der Waals surface area contributed by atoms with Crippen LogP contribution in [0.3, 0.4) is 0 Å². The van der Waals surface area contributed by atoms with Gasteiger partial charge in [0.25, 0.3) is 5.91 Å². The molecule has 154 valence electrons. The normalized spacial score (nSPS) is 12.9. The Labute approximate surface area is 169 Å². The zero-order chi connectivity index (χ0) is 21.4. The third-order valence-electron chi connectivity index (χ3n) is 4.32. The largest absolute Gasteiger partial charge is 0.475 e. The molecule has 1 unspecified atom stereocenters. The van der Waals surface area contributed by atoms with Crippen LogP contribution in [0.25, 0.3) is 0 Å². The van der Waals surface area contributed by atoms with Crippen LogP contribution >= 0.6 is 0 Å². The van der Waals surface area contributed by atoms with Crippen molar-refractivity contribution in [2.24, 2.45) is 5.92 Å². The smallest absolute Gasteiger partial charge is 0.426 e. The molecule has 7 nitrogen and oxygen atoms in total. The van der Waals surface area contributed by atoms with Gasteiger partial charge in [-0.3, -0.25) is 14.6 Å². The molecule has 0 fully saturated rings. The van der Waals surface area contributed by atoms with E-state index in [1.165, 1.54) is 36.7 Å². The van der Waals surface area contributed by atoms with Crippen LogP contribution in [0.5, 0.6) is 0 Å². The van der Waals surface area contributed by atoms with Crippen LogP contribution in [0.1, 0.15) is 48.7 Å². The fraction of sp³-hybridized carbons (Fsp3) is 0.350. The number of aromatic nitrogens is 1. The highest BCUT2D eigenvalue weighted by atomic mass is 19.1. The molecular weight excluding hydrogens is 376 g/mol. The van der Waals surface area contributed by atoms with Gasteiger partial charge in [0, 0.05) is 12.4 Å². The summed E-state index contributed by atoms with van der Waals surface area (Å²) >= 11 is 0. The fourth-order valence-electron chi connectivity index (χ4n) is 2.90. The Kier molecular flexibility index (Phi) is 8.29. The van der Waals surface area contributed by atoms with Gasteiger partial charge in [-0.1, -0.05) is 26.0 Å². The van der Waals surface area contributed by atoms with E-state index in [-0.39, 0.29) is 12.3 Å². The number of hydrogen-bond donors (Lipinski definition) is 4. The summed E-state index contributed by atoms with van der Waals surface area (Å²) in [5.41, 5.74) is 0.868. The van der Waals surface area contributed by atoms with Crippen molar-refractivity contribution in [3.63, 3.8) is 0 Å². The van der Waals surface area contributed by atoms with Gasteiger partial charge in [0.15, 0.2) is 0 Å². The molecule has 4 N–H and O–H groups in total. The maximum absolute atomic E-state index is 13.3. The number of carbonyl (C=O) groups is 2. The maximum Gasteiger partial charge on any atom is 0.475 e. The molecule has 2 rings (SSSR count). The molecule has 2 aromatic rings. The van der Waals surface area contributed by atoms with Crippen LogP contribution in [0.2, 0.25) is 0 Å². The molecular formula is C20H25BFN3O4. The van der Waals surface area contributed by atoms with Gasteiger partial charge in [0.1, 0.15) is 5.82 Å². The zero-order valence-corrected chi connectivity index (χ0v) is 16.4. The number of nitrogens with one attached hydrogen (secondary N) is 2. The maximum atomic E-state index is 13.3. The summed E-state index contributed by atoms with van der Waals surface area (Å²) in [5.74, 6) is -2.02. The number of amides is 2. The van der Waals surface area contributed by atoms with E-state index in [1.807, 2.05) is 13.8 Å². The number of benzene rings is 1. The van der Waals surface area contributed by atoms with Gasteiger partial charge in [-0.2, -0.15) is 0 Å². The minimum Gasteiger partial charge on any atom is -0.426 e. The fourth-order valence-corrected chi connectivity index (χ4v) is 2.90. The minimum atomic E-state index is -1.70. The van der Waals surface area contributed by atoms with Crippen LogP contribution in [0.4, 0.5) is 4.39 Å². The number of halogens is 1. The van der Waals surface area contributed by atoms with Crippen LogP contribution in [-0.4, -0.2) is 39.9 Å². The van der Waals surface area contributed by atoms with E-state index in [4.69, 9.17) is 0 Å². The Morgan fingerprint density at radius 1 is 1.14 bits per heavy atom. The van der Waals surface area contributed by atoms with E-state index >= 15 is 0 Å². The first-order valence-electron chi connectivity index (χ1n) is 9.38. The molecule has 1 aromatic carbocycles. The first-order chi connectivity index (χ1) is 13.8. The lowest BCUT2D eigenvalue weighted by Crippen LogP contribution is -2.48. The third kappa shape index (κ3) is 7.28. The molecule has 2 amide bonds. The Bertz CT molecular complexity index is 803. The lowest BCUT2D eigenvalue weighted by Gasteiger charge is -2.23. The monoisotopic (exact) mass is 401 g/mol. The summed E-state index contributed by atoms with van der Waals surface area (Å²) in [4.78, 5) is 29.0. The second-order valence-electron chi connectivity index (χ2n) is 7.24. The van der Waals surface area contributed by atoms with Crippen molar-refractivity contribution in [3.05, 3.63) is 65.7 Å². The lowest BCUT2D eigenvalue weighted by molar-refractivity contribution is -0.122. The van der Waals surface area contributed by atoms with E-state index in [0.717, 1.165) is 0 Å². The molecule has 0 aliphatic heterocycles. The summed E-state index contributed by atoms with van der Waals surface area (Å²) in [5, 5.41) is 24.4. The van der Waals surface area contributed by atoms with Crippen molar-refractivity contribution in [2.45, 2.75) is 38.7 Å². The van der Waals surface area contributed by atoms with Gasteiger partial charge >= 0.3 is 7.12 Å². The van der Waals surface area contributed by atoms with E-state index in [2.05, 4.69) is 15.6 Å². The van der Waals surface area contributed by atoms with Gasteiger partial charge in [-0.05, 0) is 42.2 Å². The minimum absolute atomic E-state index is 0.139. The third-order valence-corrected chi connectivity index (χ3v) is 4.32. The first kappa shape index (κ1) is 22.5. The number of carbonyl (C=O) groups excluding carboxylic acids is 2. The molecule has 0 saturated heterocycles. The Morgan fingerprint density at radius 2 is 1.83 bits per heavy atom. The number of pyridine rings is 1. The molecule has 29 heavy (non-hydrogen) atoms. The second kappa shape index (κ2) is 10.7. The Hall–Kier alpha value is -2.78. The van der Waals surface area contributed by atoms with E-state index in [0.29, 0.717) is 17.5 Å². The van der Waals surface area contributed by atoms with Crippen LogP contribution in [-0.2, 0) is 4.79 Å². The van der Waals surface area contributed by atoms with E-state index < -0.39 is 36.7 Å². The molecule has 1 aromatic heterocycles. The van der Waals surface area contributed by atoms with Gasteiger partial charge in [-0.25, -0.2) is 4.39 Å². The predicted octanol–water partition coefficient (Wildman–Crippen LogP) is 1.62. The Balaban J connectivity index is 2.15. The van der Waals surface area contributed by atoms with Crippen LogP contribution in [0.15, 0.2) is 48.8 Å². The molecule has 2 atom stereocenters. The topological polar surface area (TPSA) is 112 Å². The number of rotatable bonds is 9. The summed E-state index contributed by atoms with van der Waals surface area (Å²) in [6.45, 7) is 3.80. The van der Waals surface area contributed by atoms with Crippen molar-refractivity contribution in [1.29, 1.82) is 0 Å². The van der Waals surface area contributed by atoms with Gasteiger partial charge in [-0.15, -0.1) is 0 Å². The highest BCUT2D eigenvalue weighted by Gasteiger charge is 2.28.